The van der Waals surface area contributed by atoms with E-state index < -0.39 is 5.82 Å². The van der Waals surface area contributed by atoms with Gasteiger partial charge in [-0.1, -0.05) is 18.6 Å². The van der Waals surface area contributed by atoms with Gasteiger partial charge in [-0.2, -0.15) is 5.10 Å². The van der Waals surface area contributed by atoms with Crippen LogP contribution in [0.5, 0.6) is 0 Å². The van der Waals surface area contributed by atoms with Gasteiger partial charge in [-0.15, -0.1) is 0 Å². The quantitative estimate of drug-likeness (QED) is 0.792. The summed E-state index contributed by atoms with van der Waals surface area (Å²) in [7, 11) is 1.80. The van der Waals surface area contributed by atoms with E-state index in [1.807, 2.05) is 19.9 Å². The summed E-state index contributed by atoms with van der Waals surface area (Å²) in [4.78, 5) is 12.2. The van der Waals surface area contributed by atoms with Gasteiger partial charge in [0.15, 0.2) is 5.78 Å². The van der Waals surface area contributed by atoms with Crippen LogP contribution < -0.4 is 0 Å². The Balaban J connectivity index is 2.25. The third kappa shape index (κ3) is 2.89. The molecule has 0 saturated heterocycles. The maximum Gasteiger partial charge on any atom is 0.171 e. The first-order valence-electron chi connectivity index (χ1n) is 6.32. The zero-order chi connectivity index (χ0) is 14.0. The average molecular weight is 260 g/mol. The highest BCUT2D eigenvalue weighted by Gasteiger charge is 2.15. The number of carbonyl (C=O) groups excluding carboxylic acids is 1. The fourth-order valence-corrected chi connectivity index (χ4v) is 2.02. The van der Waals surface area contributed by atoms with Gasteiger partial charge in [-0.25, -0.2) is 4.39 Å². The van der Waals surface area contributed by atoms with Gasteiger partial charge in [0.2, 0.25) is 0 Å². The molecular weight excluding hydrogens is 243 g/mol. The van der Waals surface area contributed by atoms with Crippen molar-refractivity contribution in [3.05, 3.63) is 52.6 Å². The van der Waals surface area contributed by atoms with Crippen LogP contribution in [0.2, 0.25) is 0 Å². The third-order valence-electron chi connectivity index (χ3n) is 3.15. The van der Waals surface area contributed by atoms with E-state index in [-0.39, 0.29) is 17.8 Å². The topological polar surface area (TPSA) is 34.9 Å². The van der Waals surface area contributed by atoms with Gasteiger partial charge in [-0.05, 0) is 31.5 Å². The Hall–Kier alpha value is -1.97. The van der Waals surface area contributed by atoms with Crippen molar-refractivity contribution in [1.82, 2.24) is 9.78 Å². The normalized spacial score (nSPS) is 10.7. The maximum absolute atomic E-state index is 13.7. The Labute approximate surface area is 112 Å². The molecule has 1 aromatic carbocycles. The van der Waals surface area contributed by atoms with Gasteiger partial charge < -0.3 is 0 Å². The van der Waals surface area contributed by atoms with Crippen LogP contribution in [0.1, 0.15) is 34.2 Å². The predicted molar refractivity (Wildman–Crippen MR) is 71.8 cm³/mol. The van der Waals surface area contributed by atoms with E-state index >= 15 is 0 Å². The largest absolute Gasteiger partial charge is 0.294 e. The van der Waals surface area contributed by atoms with Gasteiger partial charge in [-0.3, -0.25) is 9.48 Å². The van der Waals surface area contributed by atoms with E-state index in [2.05, 4.69) is 5.10 Å². The number of nitrogens with zero attached hydrogens (tertiary/aromatic N) is 2. The average Bonchev–Trinajstić information content (AvgIpc) is 2.73. The molecule has 4 heteroatoms. The van der Waals surface area contributed by atoms with E-state index in [9.17, 15) is 9.18 Å². The number of aryl methyl sites for hydroxylation is 3. The van der Waals surface area contributed by atoms with Gasteiger partial charge in [0.25, 0.3) is 0 Å². The number of aromatic nitrogens is 2. The Morgan fingerprint density at radius 1 is 1.37 bits per heavy atom. The molecule has 2 aromatic rings. The maximum atomic E-state index is 13.7. The third-order valence-corrected chi connectivity index (χ3v) is 3.15. The fraction of sp³-hybridized carbons (Fsp3) is 0.333. The molecule has 0 amide bonds. The Morgan fingerprint density at radius 2 is 2.11 bits per heavy atom. The minimum absolute atomic E-state index is 0.152. The first-order valence-corrected chi connectivity index (χ1v) is 6.32. The van der Waals surface area contributed by atoms with E-state index in [0.29, 0.717) is 0 Å². The lowest BCUT2D eigenvalue weighted by molar-refractivity contribution is 0.0987. The minimum Gasteiger partial charge on any atom is -0.294 e. The molecule has 0 spiro atoms. The van der Waals surface area contributed by atoms with Crippen LogP contribution in [-0.4, -0.2) is 15.6 Å². The Kier molecular flexibility index (Phi) is 3.79. The molecule has 0 saturated carbocycles. The number of Topliss-reactive ketones (excluding diaryl/α,β-unsaturated/α-hetero) is 1. The van der Waals surface area contributed by atoms with Crippen LogP contribution in [0, 0.1) is 12.7 Å². The van der Waals surface area contributed by atoms with Gasteiger partial charge in [0, 0.05) is 12.7 Å². The summed E-state index contributed by atoms with van der Waals surface area (Å²) in [5, 5.41) is 4.29. The van der Waals surface area contributed by atoms with Crippen molar-refractivity contribution in [3.63, 3.8) is 0 Å². The van der Waals surface area contributed by atoms with Gasteiger partial charge in [0.1, 0.15) is 5.82 Å². The first kappa shape index (κ1) is 13.5. The lowest BCUT2D eigenvalue weighted by Crippen LogP contribution is -2.09. The lowest BCUT2D eigenvalue weighted by Gasteiger charge is -2.04. The summed E-state index contributed by atoms with van der Waals surface area (Å²) in [5.41, 5.74) is 2.78. The molecule has 0 radical (unpaired) electrons. The molecule has 1 aromatic heterocycles. The summed E-state index contributed by atoms with van der Waals surface area (Å²) < 4.78 is 15.3. The van der Waals surface area contributed by atoms with Gasteiger partial charge >= 0.3 is 0 Å². The molecule has 0 unspecified atom stereocenters. The molecule has 0 bridgehead atoms. The van der Waals surface area contributed by atoms with Crippen molar-refractivity contribution < 1.29 is 9.18 Å². The zero-order valence-electron chi connectivity index (χ0n) is 11.4. The number of carbonyl (C=O) groups is 1. The molecule has 2 rings (SSSR count). The smallest absolute Gasteiger partial charge is 0.171 e. The standard InChI is InChI=1S/C15H17FN2O/c1-4-11-8-12(18(3)17-11)9-15(19)13-7-10(2)5-6-14(13)16/h5-8H,4,9H2,1-3H3. The van der Waals surface area contributed by atoms with Crippen molar-refractivity contribution in [2.75, 3.05) is 0 Å². The SMILES string of the molecule is CCc1cc(CC(=O)c2cc(C)ccc2F)n(C)n1. The minimum atomic E-state index is -0.464. The molecule has 0 aliphatic heterocycles. The molecular formula is C15H17FN2O. The van der Waals surface area contributed by atoms with E-state index in [1.165, 1.54) is 6.07 Å². The van der Waals surface area contributed by atoms with Gasteiger partial charge in [0.05, 0.1) is 17.7 Å². The number of rotatable bonds is 4. The molecule has 1 heterocycles. The van der Waals surface area contributed by atoms with Crippen molar-refractivity contribution in [3.8, 4) is 0 Å². The van der Waals surface area contributed by atoms with E-state index in [0.717, 1.165) is 23.4 Å². The monoisotopic (exact) mass is 260 g/mol. The first-order chi connectivity index (χ1) is 9.01. The van der Waals surface area contributed by atoms with E-state index in [1.54, 1.807) is 23.9 Å². The van der Waals surface area contributed by atoms with E-state index in [4.69, 9.17) is 0 Å². The molecule has 0 N–H and O–H groups in total. The predicted octanol–water partition coefficient (Wildman–Crippen LogP) is 2.86. The zero-order valence-corrected chi connectivity index (χ0v) is 11.4. The summed E-state index contributed by atoms with van der Waals surface area (Å²) in [6.45, 7) is 3.85. The van der Waals surface area contributed by atoms with Crippen LogP contribution >= 0.6 is 0 Å². The number of benzene rings is 1. The highest BCUT2D eigenvalue weighted by atomic mass is 19.1. The molecule has 3 nitrogen and oxygen atoms in total. The summed E-state index contributed by atoms with van der Waals surface area (Å²) in [6, 6.07) is 6.48. The summed E-state index contributed by atoms with van der Waals surface area (Å²) in [5.74, 6) is -0.680. The van der Waals surface area contributed by atoms with Crippen LogP contribution in [0.3, 0.4) is 0 Å². The summed E-state index contributed by atoms with van der Waals surface area (Å²) >= 11 is 0. The van der Waals surface area contributed by atoms with Crippen molar-refractivity contribution in [1.29, 1.82) is 0 Å². The number of hydrogen-bond donors (Lipinski definition) is 0. The second kappa shape index (κ2) is 5.34. The summed E-state index contributed by atoms with van der Waals surface area (Å²) in [6.07, 6.45) is 0.991. The number of halogens is 1. The Bertz CT molecular complexity index is 617. The highest BCUT2D eigenvalue weighted by molar-refractivity contribution is 5.97. The lowest BCUT2D eigenvalue weighted by atomic mass is 10.0. The molecule has 0 aliphatic carbocycles. The van der Waals surface area contributed by atoms with Crippen molar-refractivity contribution in [2.45, 2.75) is 26.7 Å². The Morgan fingerprint density at radius 3 is 2.74 bits per heavy atom. The molecule has 0 atom stereocenters. The molecule has 0 aliphatic rings. The van der Waals surface area contributed by atoms with Crippen LogP contribution in [-0.2, 0) is 19.9 Å². The van der Waals surface area contributed by atoms with Crippen molar-refractivity contribution >= 4 is 5.78 Å². The molecule has 0 fully saturated rings. The van der Waals surface area contributed by atoms with Crippen LogP contribution in [0.4, 0.5) is 4.39 Å². The van der Waals surface area contributed by atoms with Crippen LogP contribution in [0.15, 0.2) is 24.3 Å². The second-order valence-corrected chi connectivity index (χ2v) is 4.69. The molecule has 19 heavy (non-hydrogen) atoms. The second-order valence-electron chi connectivity index (χ2n) is 4.69. The highest BCUT2D eigenvalue weighted by Crippen LogP contribution is 2.14. The number of hydrogen-bond acceptors (Lipinski definition) is 2. The number of ketones is 1. The molecule has 100 valence electrons. The fourth-order valence-electron chi connectivity index (χ4n) is 2.02. The van der Waals surface area contributed by atoms with Crippen LogP contribution in [0.25, 0.3) is 0 Å². The van der Waals surface area contributed by atoms with Crippen molar-refractivity contribution in [2.24, 2.45) is 7.05 Å².